The smallest absolute Gasteiger partial charge is 0.291 e. The Hall–Kier alpha value is -4.19. The van der Waals surface area contributed by atoms with Gasteiger partial charge in [-0.2, -0.15) is 10.2 Å². The number of aromatic hydroxyl groups is 1. The van der Waals surface area contributed by atoms with Crippen molar-refractivity contribution in [2.75, 3.05) is 0 Å². The zero-order valence-electron chi connectivity index (χ0n) is 17.3. The number of amides is 1. The van der Waals surface area contributed by atoms with Gasteiger partial charge >= 0.3 is 0 Å². The number of rotatable bonds is 5. The lowest BCUT2D eigenvalue weighted by Crippen LogP contribution is -2.18. The molecule has 1 amide bonds. The van der Waals surface area contributed by atoms with Gasteiger partial charge in [0, 0.05) is 11.1 Å². The largest absolute Gasteiger partial charge is 0.507 e. The second kappa shape index (κ2) is 8.67. The molecule has 0 spiro atoms. The van der Waals surface area contributed by atoms with Crippen LogP contribution in [-0.4, -0.2) is 27.0 Å². The molecule has 0 aliphatic carbocycles. The van der Waals surface area contributed by atoms with Gasteiger partial charge in [0.15, 0.2) is 5.69 Å². The number of benzene rings is 3. The molecular formula is C25H22N4O2. The van der Waals surface area contributed by atoms with E-state index in [0.717, 1.165) is 28.1 Å². The molecule has 1 aromatic heterocycles. The molecule has 2 N–H and O–H groups in total. The van der Waals surface area contributed by atoms with Gasteiger partial charge in [0.1, 0.15) is 5.75 Å². The molecule has 0 radical (unpaired) electrons. The summed E-state index contributed by atoms with van der Waals surface area (Å²) in [5.41, 5.74) is 8.11. The Bertz CT molecular complexity index is 1260. The summed E-state index contributed by atoms with van der Waals surface area (Å²) in [5, 5.41) is 18.3. The van der Waals surface area contributed by atoms with Crippen molar-refractivity contribution in [1.82, 2.24) is 15.2 Å². The second-order valence-electron chi connectivity index (χ2n) is 7.29. The number of aromatic nitrogens is 2. The third kappa shape index (κ3) is 4.53. The van der Waals surface area contributed by atoms with Gasteiger partial charge in [-0.15, -0.1) is 0 Å². The van der Waals surface area contributed by atoms with Crippen molar-refractivity contribution in [3.63, 3.8) is 0 Å². The van der Waals surface area contributed by atoms with Gasteiger partial charge in [-0.05, 0) is 49.7 Å². The molecule has 0 atom stereocenters. The van der Waals surface area contributed by atoms with Crippen LogP contribution in [0, 0.1) is 13.8 Å². The molecule has 3 aromatic carbocycles. The Balaban J connectivity index is 1.66. The Kier molecular flexibility index (Phi) is 5.62. The maximum atomic E-state index is 12.7. The number of nitrogens with one attached hydrogen (secondary N) is 1. The molecule has 154 valence electrons. The van der Waals surface area contributed by atoms with E-state index in [9.17, 15) is 9.90 Å². The number of hydrogen-bond donors (Lipinski definition) is 2. The zero-order valence-corrected chi connectivity index (χ0v) is 17.3. The topological polar surface area (TPSA) is 79.5 Å². The minimum atomic E-state index is -0.438. The highest BCUT2D eigenvalue weighted by Crippen LogP contribution is 2.25. The Morgan fingerprint density at radius 2 is 1.74 bits per heavy atom. The first-order valence-corrected chi connectivity index (χ1v) is 9.87. The number of hydrazone groups is 1. The molecule has 0 aliphatic rings. The van der Waals surface area contributed by atoms with E-state index in [4.69, 9.17) is 0 Å². The molecule has 31 heavy (non-hydrogen) atoms. The number of aryl methyl sites for hydroxylation is 2. The molecule has 4 aromatic rings. The van der Waals surface area contributed by atoms with E-state index in [2.05, 4.69) is 15.6 Å². The quantitative estimate of drug-likeness (QED) is 0.372. The van der Waals surface area contributed by atoms with Crippen molar-refractivity contribution < 1.29 is 9.90 Å². The maximum Gasteiger partial charge on any atom is 0.291 e. The number of hydrogen-bond acceptors (Lipinski definition) is 4. The van der Waals surface area contributed by atoms with Crippen molar-refractivity contribution in [2.24, 2.45) is 5.10 Å². The third-order valence-corrected chi connectivity index (χ3v) is 4.84. The summed E-state index contributed by atoms with van der Waals surface area (Å²) in [7, 11) is 0. The summed E-state index contributed by atoms with van der Waals surface area (Å²) in [6.07, 6.45) is 1.39. The van der Waals surface area contributed by atoms with Crippen LogP contribution in [0.25, 0.3) is 16.9 Å². The van der Waals surface area contributed by atoms with Crippen molar-refractivity contribution >= 4 is 12.1 Å². The standard InChI is InChI=1S/C25H22N4O2/c1-17-10-12-19(13-11-17)23-15-22(28-29(23)21-8-5-6-18(2)14-21)25(31)27-26-16-20-7-3-4-9-24(20)30/h3-16,30H,1-2H3,(H,27,31)/b26-16-. The Morgan fingerprint density at radius 3 is 2.48 bits per heavy atom. The van der Waals surface area contributed by atoms with Crippen LogP contribution in [0.15, 0.2) is 84.0 Å². The van der Waals surface area contributed by atoms with Crippen LogP contribution in [0.2, 0.25) is 0 Å². The van der Waals surface area contributed by atoms with Crippen LogP contribution in [0.5, 0.6) is 5.75 Å². The van der Waals surface area contributed by atoms with Gasteiger partial charge in [0.2, 0.25) is 0 Å². The van der Waals surface area contributed by atoms with E-state index in [1.807, 2.05) is 62.4 Å². The van der Waals surface area contributed by atoms with Crippen molar-refractivity contribution in [3.05, 3.63) is 101 Å². The first-order valence-electron chi connectivity index (χ1n) is 9.87. The van der Waals surface area contributed by atoms with E-state index in [1.165, 1.54) is 6.21 Å². The lowest BCUT2D eigenvalue weighted by molar-refractivity contribution is 0.0949. The molecule has 0 saturated heterocycles. The first kappa shape index (κ1) is 20.1. The van der Waals surface area contributed by atoms with Crippen LogP contribution in [-0.2, 0) is 0 Å². The Morgan fingerprint density at radius 1 is 0.968 bits per heavy atom. The van der Waals surface area contributed by atoms with Crippen molar-refractivity contribution in [1.29, 1.82) is 0 Å². The van der Waals surface area contributed by atoms with Crippen LogP contribution in [0.4, 0.5) is 0 Å². The van der Waals surface area contributed by atoms with Gasteiger partial charge in [-0.3, -0.25) is 4.79 Å². The fourth-order valence-electron chi connectivity index (χ4n) is 3.19. The monoisotopic (exact) mass is 410 g/mol. The molecule has 6 heteroatoms. The summed E-state index contributed by atoms with van der Waals surface area (Å²) >= 11 is 0. The van der Waals surface area contributed by atoms with Gasteiger partial charge in [0.25, 0.3) is 5.91 Å². The average Bonchev–Trinajstić information content (AvgIpc) is 3.21. The number of para-hydroxylation sites is 1. The van der Waals surface area contributed by atoms with Gasteiger partial charge in [-0.25, -0.2) is 10.1 Å². The van der Waals surface area contributed by atoms with Crippen LogP contribution in [0.1, 0.15) is 27.2 Å². The highest BCUT2D eigenvalue weighted by atomic mass is 16.3. The minimum Gasteiger partial charge on any atom is -0.507 e. The maximum absolute atomic E-state index is 12.7. The molecule has 4 rings (SSSR count). The number of nitrogens with zero attached hydrogens (tertiary/aromatic N) is 3. The third-order valence-electron chi connectivity index (χ3n) is 4.84. The summed E-state index contributed by atoms with van der Waals surface area (Å²) in [5.74, 6) is -0.350. The first-order chi connectivity index (χ1) is 15.0. The lowest BCUT2D eigenvalue weighted by Gasteiger charge is -2.08. The van der Waals surface area contributed by atoms with Crippen molar-refractivity contribution in [3.8, 4) is 22.7 Å². The summed E-state index contributed by atoms with van der Waals surface area (Å²) in [4.78, 5) is 12.7. The predicted molar refractivity (Wildman–Crippen MR) is 122 cm³/mol. The van der Waals surface area contributed by atoms with Gasteiger partial charge in [0.05, 0.1) is 17.6 Å². The van der Waals surface area contributed by atoms with Gasteiger partial charge < -0.3 is 5.11 Å². The molecule has 6 nitrogen and oxygen atoms in total. The van der Waals surface area contributed by atoms with Crippen LogP contribution >= 0.6 is 0 Å². The average molecular weight is 410 g/mol. The second-order valence-corrected chi connectivity index (χ2v) is 7.29. The van der Waals surface area contributed by atoms with Gasteiger partial charge in [-0.1, -0.05) is 54.1 Å². The van der Waals surface area contributed by atoms with E-state index >= 15 is 0 Å². The summed E-state index contributed by atoms with van der Waals surface area (Å²) < 4.78 is 1.76. The molecule has 0 fully saturated rings. The van der Waals surface area contributed by atoms with E-state index in [0.29, 0.717) is 5.56 Å². The molecular weight excluding hydrogens is 388 g/mol. The highest BCUT2D eigenvalue weighted by molar-refractivity contribution is 5.94. The van der Waals surface area contributed by atoms with Crippen molar-refractivity contribution in [2.45, 2.75) is 13.8 Å². The van der Waals surface area contributed by atoms with E-state index in [-0.39, 0.29) is 11.4 Å². The van der Waals surface area contributed by atoms with Crippen LogP contribution < -0.4 is 5.43 Å². The van der Waals surface area contributed by atoms with Crippen LogP contribution in [0.3, 0.4) is 0 Å². The fraction of sp³-hybridized carbons (Fsp3) is 0.0800. The number of carbonyl (C=O) groups is 1. The predicted octanol–water partition coefficient (Wildman–Crippen LogP) is 4.63. The molecule has 0 aliphatic heterocycles. The number of phenols is 1. The molecule has 0 bridgehead atoms. The summed E-state index contributed by atoms with van der Waals surface area (Å²) in [6, 6.07) is 24.5. The Labute approximate surface area is 180 Å². The molecule has 1 heterocycles. The van der Waals surface area contributed by atoms with E-state index in [1.54, 1.807) is 35.0 Å². The number of phenolic OH excluding ortho intramolecular Hbond substituents is 1. The lowest BCUT2D eigenvalue weighted by atomic mass is 10.1. The highest BCUT2D eigenvalue weighted by Gasteiger charge is 2.16. The van der Waals surface area contributed by atoms with E-state index < -0.39 is 5.91 Å². The fourth-order valence-corrected chi connectivity index (χ4v) is 3.19. The molecule has 0 saturated carbocycles. The zero-order chi connectivity index (χ0) is 21.8. The number of carbonyl (C=O) groups excluding carboxylic acids is 1. The molecule has 0 unspecified atom stereocenters. The summed E-state index contributed by atoms with van der Waals surface area (Å²) in [6.45, 7) is 4.04. The normalized spacial score (nSPS) is 11.0. The SMILES string of the molecule is Cc1ccc(-c2cc(C(=O)N/N=C\c3ccccc3O)nn2-c2cccc(C)c2)cc1. The minimum absolute atomic E-state index is 0.0888.